The van der Waals surface area contributed by atoms with Crippen LogP contribution in [-0.4, -0.2) is 43.9 Å². The Morgan fingerprint density at radius 3 is 2.73 bits per heavy atom. The molecule has 0 fully saturated rings. The quantitative estimate of drug-likeness (QED) is 0.170. The molecule has 1 aliphatic heterocycles. The van der Waals surface area contributed by atoms with Gasteiger partial charge in [-0.1, -0.05) is 18.2 Å². The number of H-pyrrole nitrogens is 1. The highest BCUT2D eigenvalue weighted by molar-refractivity contribution is 5.86. The first-order valence-corrected chi connectivity index (χ1v) is 14.1. The Labute approximate surface area is 253 Å². The minimum atomic E-state index is -2.87. The highest BCUT2D eigenvalue weighted by atomic mass is 19.3. The Hall–Kier alpha value is -4.94. The second kappa shape index (κ2) is 11.5. The minimum absolute atomic E-state index is 0.0422. The van der Waals surface area contributed by atoms with Crippen molar-refractivity contribution in [3.63, 3.8) is 0 Å². The van der Waals surface area contributed by atoms with Crippen molar-refractivity contribution < 1.29 is 41.3 Å². The molecule has 0 radical (unpaired) electrons. The highest BCUT2D eigenvalue weighted by Crippen LogP contribution is 2.45. The number of nitrogens with zero attached hydrogens (tertiary/aromatic N) is 3. The van der Waals surface area contributed by atoms with Crippen LogP contribution in [0.1, 0.15) is 42.3 Å². The number of rotatable bonds is 9. The van der Waals surface area contributed by atoms with Gasteiger partial charge in [0.25, 0.3) is 0 Å². The molecule has 1 atom stereocenters. The van der Waals surface area contributed by atoms with Crippen molar-refractivity contribution in [3.8, 4) is 28.6 Å². The van der Waals surface area contributed by atoms with Crippen LogP contribution in [-0.2, 0) is 30.1 Å². The number of aryl methyl sites for hydroxylation is 2. The van der Waals surface area contributed by atoms with Crippen molar-refractivity contribution in [3.05, 3.63) is 88.6 Å². The Morgan fingerprint density at radius 1 is 1.18 bits per heavy atom. The first-order valence-electron chi connectivity index (χ1n) is 14.1. The van der Waals surface area contributed by atoms with E-state index in [0.717, 1.165) is 17.2 Å². The number of aromatic amines is 1. The second-order valence-electron chi connectivity index (χ2n) is 11.0. The van der Waals surface area contributed by atoms with E-state index in [4.69, 9.17) is 14.6 Å². The lowest BCUT2D eigenvalue weighted by Gasteiger charge is -2.34. The third-order valence-electron chi connectivity index (χ3n) is 8.12. The Balaban J connectivity index is 1.39. The van der Waals surface area contributed by atoms with Crippen LogP contribution >= 0.6 is 0 Å². The summed E-state index contributed by atoms with van der Waals surface area (Å²) in [7, 11) is 1.57. The third kappa shape index (κ3) is 5.36. The van der Waals surface area contributed by atoms with Gasteiger partial charge in [0.2, 0.25) is 12.2 Å². The van der Waals surface area contributed by atoms with Crippen LogP contribution < -0.4 is 9.47 Å². The number of alkyl halides is 2. The molecule has 1 aliphatic rings. The maximum absolute atomic E-state index is 15.3. The van der Waals surface area contributed by atoms with Crippen LogP contribution in [0.4, 0.5) is 22.0 Å². The maximum Gasteiger partial charge on any atom is 0.303 e. The smallest absolute Gasteiger partial charge is 0.303 e. The summed E-state index contributed by atoms with van der Waals surface area (Å²) in [6, 6.07) is 10.3. The molecule has 0 saturated carbocycles. The molecule has 2 aromatic heterocycles. The van der Waals surface area contributed by atoms with Crippen molar-refractivity contribution in [2.24, 2.45) is 7.05 Å². The van der Waals surface area contributed by atoms with E-state index in [1.807, 2.05) is 19.1 Å². The Morgan fingerprint density at radius 2 is 1.98 bits per heavy atom. The van der Waals surface area contributed by atoms with E-state index in [9.17, 15) is 18.0 Å². The lowest BCUT2D eigenvalue weighted by atomic mass is 9.76. The van der Waals surface area contributed by atoms with Gasteiger partial charge in [0.1, 0.15) is 17.3 Å². The number of fused-ring (bicyclic) bond motifs is 2. The molecule has 3 heterocycles. The van der Waals surface area contributed by atoms with E-state index >= 15 is 8.78 Å². The van der Waals surface area contributed by atoms with E-state index in [1.54, 1.807) is 13.1 Å². The molecule has 0 spiro atoms. The van der Waals surface area contributed by atoms with E-state index in [2.05, 4.69) is 15.1 Å². The van der Waals surface area contributed by atoms with Crippen molar-refractivity contribution in [1.82, 2.24) is 19.7 Å². The Kier molecular flexibility index (Phi) is 7.71. The molecule has 0 unspecified atom stereocenters. The van der Waals surface area contributed by atoms with Gasteiger partial charge in [0.05, 0.1) is 23.1 Å². The Bertz CT molecular complexity index is 1940. The molecule has 0 aliphatic carbocycles. The molecule has 2 N–H and O–H groups in total. The van der Waals surface area contributed by atoms with Crippen LogP contribution in [0, 0.1) is 17.5 Å². The summed E-state index contributed by atoms with van der Waals surface area (Å²) < 4.78 is 85.2. The average molecular weight is 627 g/mol. The maximum atomic E-state index is 15.3. The van der Waals surface area contributed by atoms with Gasteiger partial charge >= 0.3 is 5.97 Å². The topological polar surface area (TPSA) is 102 Å². The molecule has 0 bridgehead atoms. The number of aromatic nitrogens is 4. The van der Waals surface area contributed by atoms with Crippen LogP contribution in [0.15, 0.2) is 48.7 Å². The van der Waals surface area contributed by atoms with Gasteiger partial charge in [-0.3, -0.25) is 4.79 Å². The highest BCUT2D eigenvalue weighted by Gasteiger charge is 2.40. The summed E-state index contributed by atoms with van der Waals surface area (Å²) in [6.07, 6.45) is -1.78. The van der Waals surface area contributed by atoms with Gasteiger partial charge in [0, 0.05) is 42.6 Å². The zero-order chi connectivity index (χ0) is 32.0. The molecule has 0 saturated heterocycles. The zero-order valence-corrected chi connectivity index (χ0v) is 24.1. The predicted octanol–water partition coefficient (Wildman–Crippen LogP) is 7.09. The number of aliphatic carboxylic acids is 1. The fourth-order valence-corrected chi connectivity index (χ4v) is 5.79. The number of hydrogen-bond acceptors (Lipinski definition) is 5. The van der Waals surface area contributed by atoms with Crippen molar-refractivity contribution >= 4 is 16.9 Å². The van der Waals surface area contributed by atoms with Gasteiger partial charge < -0.3 is 19.6 Å². The van der Waals surface area contributed by atoms with Gasteiger partial charge in [-0.15, -0.1) is 0 Å². The minimum Gasteiger partial charge on any atom is -0.493 e. The number of nitrogens with one attached hydrogen (secondary N) is 1. The van der Waals surface area contributed by atoms with Crippen LogP contribution in [0.3, 0.4) is 0 Å². The molecule has 13 heteroatoms. The molecule has 5 aromatic rings. The van der Waals surface area contributed by atoms with Crippen LogP contribution in [0.25, 0.3) is 22.3 Å². The largest absolute Gasteiger partial charge is 0.493 e. The van der Waals surface area contributed by atoms with Crippen molar-refractivity contribution in [2.45, 2.75) is 44.4 Å². The molecule has 234 valence electrons. The monoisotopic (exact) mass is 626 g/mol. The predicted molar refractivity (Wildman–Crippen MR) is 153 cm³/mol. The molecule has 0 amide bonds. The molecule has 6 rings (SSSR count). The average Bonchev–Trinajstić information content (AvgIpc) is 3.65. The number of carboxylic acid groups (broad SMARTS) is 1. The summed E-state index contributed by atoms with van der Waals surface area (Å²) in [5, 5.41) is 13.8. The second-order valence-corrected chi connectivity index (χ2v) is 11.0. The molecule has 45 heavy (non-hydrogen) atoms. The van der Waals surface area contributed by atoms with Gasteiger partial charge in [-0.25, -0.2) is 27.2 Å². The molecule has 8 nitrogen and oxygen atoms in total. The normalized spacial score (nSPS) is 16.2. The number of ether oxygens (including phenoxy) is 2. The third-order valence-corrected chi connectivity index (χ3v) is 8.12. The van der Waals surface area contributed by atoms with Crippen molar-refractivity contribution in [1.29, 1.82) is 0 Å². The summed E-state index contributed by atoms with van der Waals surface area (Å²) in [6.45, 7) is 2.23. The lowest BCUT2D eigenvalue weighted by Crippen LogP contribution is -2.33. The SMILES string of the molecule is Cn1nc([C@]2(C)CCOc3c(CCC(=O)O)cccc32)nc1-c1cc(Oc2c(F)c(F)c3[nH]ccc3c2CC(F)F)ccc1F. The van der Waals surface area contributed by atoms with Gasteiger partial charge in [0.15, 0.2) is 23.2 Å². The van der Waals surface area contributed by atoms with E-state index < -0.39 is 47.4 Å². The number of carboxylic acids is 1. The molecular formula is C32H27F5N4O4. The standard InChI is InChI=1S/C32H27F5N4O4/c1-32(11-13-44-28-16(6-9-24(42)43)4-3-5-21(28)32)31-39-30(41(2)40-31)20-14-17(7-8-22(20)33)45-29-19(15-23(34)35)18-10-12-38-27(18)25(36)26(29)37/h3-5,7-8,10,12,14,23,38H,6,9,11,13,15H2,1-2H3,(H,42,43)/t32-/m1/s1. The van der Waals surface area contributed by atoms with E-state index in [0.29, 0.717) is 24.6 Å². The zero-order valence-electron chi connectivity index (χ0n) is 24.1. The van der Waals surface area contributed by atoms with Gasteiger partial charge in [-0.05, 0) is 49.6 Å². The number of para-hydroxylation sites is 1. The number of benzene rings is 3. The van der Waals surface area contributed by atoms with Crippen LogP contribution in [0.5, 0.6) is 17.2 Å². The lowest BCUT2D eigenvalue weighted by molar-refractivity contribution is -0.136. The summed E-state index contributed by atoms with van der Waals surface area (Å²) in [4.78, 5) is 18.4. The summed E-state index contributed by atoms with van der Waals surface area (Å²) >= 11 is 0. The van der Waals surface area contributed by atoms with Crippen LogP contribution in [0.2, 0.25) is 0 Å². The number of hydrogen-bond donors (Lipinski definition) is 2. The molecular weight excluding hydrogens is 599 g/mol. The first kappa shape index (κ1) is 30.1. The summed E-state index contributed by atoms with van der Waals surface area (Å²) in [5.41, 5.74) is 0.152. The summed E-state index contributed by atoms with van der Waals surface area (Å²) in [5.74, 6) is -4.22. The fourth-order valence-electron chi connectivity index (χ4n) is 5.79. The van der Waals surface area contributed by atoms with E-state index in [-0.39, 0.29) is 46.4 Å². The first-order chi connectivity index (χ1) is 21.5. The number of halogens is 5. The number of carbonyl (C=O) groups is 1. The van der Waals surface area contributed by atoms with Gasteiger partial charge in [-0.2, -0.15) is 9.49 Å². The molecule has 3 aromatic carbocycles. The fraction of sp³-hybridized carbons (Fsp3) is 0.281. The van der Waals surface area contributed by atoms with Crippen molar-refractivity contribution in [2.75, 3.05) is 6.61 Å². The van der Waals surface area contributed by atoms with E-state index in [1.165, 1.54) is 29.1 Å².